The van der Waals surface area contributed by atoms with Crippen molar-refractivity contribution in [2.24, 2.45) is 5.73 Å². The first-order valence-electron chi connectivity index (χ1n) is 5.89. The normalized spacial score (nSPS) is 28.8. The van der Waals surface area contributed by atoms with Crippen molar-refractivity contribution in [2.45, 2.75) is 44.8 Å². The zero-order valence-corrected chi connectivity index (χ0v) is 9.24. The first kappa shape index (κ1) is 9.22. The van der Waals surface area contributed by atoms with Crippen LogP contribution in [0.25, 0.3) is 0 Å². The van der Waals surface area contributed by atoms with E-state index in [2.05, 4.69) is 30.0 Å². The van der Waals surface area contributed by atoms with Crippen LogP contribution in [0.15, 0.2) is 18.2 Å². The van der Waals surface area contributed by atoms with Gasteiger partial charge < -0.3 is 10.6 Å². The van der Waals surface area contributed by atoms with Crippen molar-refractivity contribution in [1.29, 1.82) is 0 Å². The molecule has 2 unspecified atom stereocenters. The van der Waals surface area contributed by atoms with E-state index in [1.807, 2.05) is 0 Å². The summed E-state index contributed by atoms with van der Waals surface area (Å²) in [5, 5.41) is 0. The summed E-state index contributed by atoms with van der Waals surface area (Å²) in [7, 11) is 0. The van der Waals surface area contributed by atoms with Crippen LogP contribution in [0.5, 0.6) is 0 Å². The van der Waals surface area contributed by atoms with Gasteiger partial charge in [-0.2, -0.15) is 0 Å². The zero-order valence-electron chi connectivity index (χ0n) is 9.24. The van der Waals surface area contributed by atoms with E-state index in [0.717, 1.165) is 6.42 Å². The number of benzene rings is 1. The summed E-state index contributed by atoms with van der Waals surface area (Å²) in [6, 6.07) is 7.47. The number of hydrogen-bond acceptors (Lipinski definition) is 2. The lowest BCUT2D eigenvalue weighted by atomic mass is 9.95. The van der Waals surface area contributed by atoms with E-state index in [4.69, 9.17) is 5.73 Å². The fraction of sp³-hybridized carbons (Fsp3) is 0.538. The molecule has 1 saturated heterocycles. The van der Waals surface area contributed by atoms with E-state index < -0.39 is 0 Å². The molecule has 0 aromatic heterocycles. The van der Waals surface area contributed by atoms with Crippen LogP contribution >= 0.6 is 0 Å². The summed E-state index contributed by atoms with van der Waals surface area (Å²) in [4.78, 5) is 2.44. The molecular formula is C13H18N2. The van der Waals surface area contributed by atoms with Gasteiger partial charge in [0.25, 0.3) is 0 Å². The number of fused-ring (bicyclic) bond motifs is 3. The standard InChI is InChI=1S/C13H18N2/c1-9-2-6-12-10(8-9)3-4-11-5-7-13(14)15(11)12/h2,6,8,11,13H,3-5,7,14H2,1H3. The van der Waals surface area contributed by atoms with E-state index >= 15 is 0 Å². The van der Waals surface area contributed by atoms with Gasteiger partial charge in [0.2, 0.25) is 0 Å². The Balaban J connectivity index is 2.06. The molecule has 1 aromatic carbocycles. The van der Waals surface area contributed by atoms with Crippen LogP contribution in [0.2, 0.25) is 0 Å². The van der Waals surface area contributed by atoms with Gasteiger partial charge in [-0.25, -0.2) is 0 Å². The maximum atomic E-state index is 6.17. The van der Waals surface area contributed by atoms with Crippen molar-refractivity contribution in [3.8, 4) is 0 Å². The molecule has 0 spiro atoms. The molecule has 0 amide bonds. The van der Waals surface area contributed by atoms with Crippen LogP contribution in [0.1, 0.15) is 30.4 Å². The van der Waals surface area contributed by atoms with Crippen LogP contribution < -0.4 is 10.6 Å². The number of rotatable bonds is 0. The largest absolute Gasteiger partial charge is 0.353 e. The molecule has 15 heavy (non-hydrogen) atoms. The molecule has 2 nitrogen and oxygen atoms in total. The summed E-state index contributed by atoms with van der Waals surface area (Å²) in [6.07, 6.45) is 5.18. The Morgan fingerprint density at radius 1 is 1.27 bits per heavy atom. The molecule has 0 radical (unpaired) electrons. The topological polar surface area (TPSA) is 29.3 Å². The lowest BCUT2D eigenvalue weighted by Crippen LogP contribution is -2.44. The van der Waals surface area contributed by atoms with Crippen LogP contribution in [-0.2, 0) is 6.42 Å². The molecule has 0 saturated carbocycles. The predicted octanol–water partition coefficient (Wildman–Crippen LogP) is 2.19. The maximum Gasteiger partial charge on any atom is 0.0774 e. The number of hydrogen-bond donors (Lipinski definition) is 1. The van der Waals surface area contributed by atoms with Gasteiger partial charge in [-0.3, -0.25) is 0 Å². The van der Waals surface area contributed by atoms with Crippen LogP contribution in [0.3, 0.4) is 0 Å². The first-order chi connectivity index (χ1) is 7.25. The minimum atomic E-state index is 0.247. The van der Waals surface area contributed by atoms with E-state index in [1.54, 1.807) is 0 Å². The Bertz CT molecular complexity index is 386. The van der Waals surface area contributed by atoms with Crippen molar-refractivity contribution in [3.05, 3.63) is 29.3 Å². The highest BCUT2D eigenvalue weighted by atomic mass is 15.3. The van der Waals surface area contributed by atoms with Crippen LogP contribution in [-0.4, -0.2) is 12.2 Å². The Kier molecular flexibility index (Phi) is 1.99. The third kappa shape index (κ3) is 1.36. The fourth-order valence-electron chi connectivity index (χ4n) is 3.06. The molecule has 2 atom stereocenters. The van der Waals surface area contributed by atoms with E-state index in [9.17, 15) is 0 Å². The molecular weight excluding hydrogens is 184 g/mol. The number of anilines is 1. The van der Waals surface area contributed by atoms with Gasteiger partial charge >= 0.3 is 0 Å². The molecule has 80 valence electrons. The molecule has 2 aliphatic rings. The second kappa shape index (κ2) is 3.24. The summed E-state index contributed by atoms with van der Waals surface area (Å²) < 4.78 is 0. The number of aryl methyl sites for hydroxylation is 2. The Morgan fingerprint density at radius 3 is 3.00 bits per heavy atom. The average Bonchev–Trinajstić information content (AvgIpc) is 2.60. The average molecular weight is 202 g/mol. The van der Waals surface area contributed by atoms with Crippen molar-refractivity contribution < 1.29 is 0 Å². The molecule has 1 aromatic rings. The quantitative estimate of drug-likeness (QED) is 0.698. The molecule has 1 fully saturated rings. The summed E-state index contributed by atoms with van der Waals surface area (Å²) in [6.45, 7) is 2.16. The van der Waals surface area contributed by atoms with Gasteiger partial charge in [-0.1, -0.05) is 17.7 Å². The third-order valence-electron chi connectivity index (χ3n) is 3.81. The number of nitrogens with zero attached hydrogens (tertiary/aromatic N) is 1. The molecule has 2 heteroatoms. The monoisotopic (exact) mass is 202 g/mol. The highest BCUT2D eigenvalue weighted by Crippen LogP contribution is 2.38. The third-order valence-corrected chi connectivity index (χ3v) is 3.81. The second-order valence-corrected chi connectivity index (χ2v) is 4.88. The van der Waals surface area contributed by atoms with Gasteiger partial charge in [0, 0.05) is 11.7 Å². The van der Waals surface area contributed by atoms with Crippen molar-refractivity contribution in [1.82, 2.24) is 0 Å². The van der Waals surface area contributed by atoms with Crippen molar-refractivity contribution in [3.63, 3.8) is 0 Å². The molecule has 2 N–H and O–H groups in total. The summed E-state index contributed by atoms with van der Waals surface area (Å²) in [5.74, 6) is 0. The van der Waals surface area contributed by atoms with Crippen LogP contribution in [0.4, 0.5) is 5.69 Å². The first-order valence-corrected chi connectivity index (χ1v) is 5.89. The Morgan fingerprint density at radius 2 is 2.13 bits per heavy atom. The summed E-state index contributed by atoms with van der Waals surface area (Å²) in [5.41, 5.74) is 10.4. The lowest BCUT2D eigenvalue weighted by Gasteiger charge is -2.36. The van der Waals surface area contributed by atoms with Crippen LogP contribution in [0, 0.1) is 6.92 Å². The second-order valence-electron chi connectivity index (χ2n) is 4.88. The Hall–Kier alpha value is -1.02. The lowest BCUT2D eigenvalue weighted by molar-refractivity contribution is 0.565. The van der Waals surface area contributed by atoms with Crippen molar-refractivity contribution >= 4 is 5.69 Å². The number of nitrogens with two attached hydrogens (primary N) is 1. The highest BCUT2D eigenvalue weighted by molar-refractivity contribution is 5.59. The van der Waals surface area contributed by atoms with E-state index in [-0.39, 0.29) is 6.17 Å². The Labute approximate surface area is 91.1 Å². The molecule has 0 aliphatic carbocycles. The van der Waals surface area contributed by atoms with Gasteiger partial charge in [0.1, 0.15) is 0 Å². The minimum absolute atomic E-state index is 0.247. The molecule has 2 heterocycles. The van der Waals surface area contributed by atoms with Gasteiger partial charge in [0.15, 0.2) is 0 Å². The zero-order chi connectivity index (χ0) is 10.4. The molecule has 2 aliphatic heterocycles. The van der Waals surface area contributed by atoms with E-state index in [0.29, 0.717) is 6.04 Å². The fourth-order valence-corrected chi connectivity index (χ4v) is 3.06. The van der Waals surface area contributed by atoms with Gasteiger partial charge in [-0.15, -0.1) is 0 Å². The van der Waals surface area contributed by atoms with Gasteiger partial charge in [0.05, 0.1) is 6.17 Å². The smallest absolute Gasteiger partial charge is 0.0774 e. The minimum Gasteiger partial charge on any atom is -0.353 e. The highest BCUT2D eigenvalue weighted by Gasteiger charge is 2.34. The van der Waals surface area contributed by atoms with E-state index in [1.165, 1.54) is 36.1 Å². The van der Waals surface area contributed by atoms with Crippen molar-refractivity contribution in [2.75, 3.05) is 4.90 Å². The SMILES string of the molecule is Cc1ccc2c(c1)CCC1CCC(N)N21. The molecule has 0 bridgehead atoms. The van der Waals surface area contributed by atoms with Gasteiger partial charge in [-0.05, 0) is 44.2 Å². The maximum absolute atomic E-state index is 6.17. The summed E-state index contributed by atoms with van der Waals surface area (Å²) >= 11 is 0. The molecule has 3 rings (SSSR count). The predicted molar refractivity (Wildman–Crippen MR) is 63.0 cm³/mol.